The zero-order chi connectivity index (χ0) is 13.7. The Morgan fingerprint density at radius 2 is 2.16 bits per heavy atom. The summed E-state index contributed by atoms with van der Waals surface area (Å²) in [6.45, 7) is 0.775. The van der Waals surface area contributed by atoms with E-state index < -0.39 is 0 Å². The highest BCUT2D eigenvalue weighted by Crippen LogP contribution is 2.25. The van der Waals surface area contributed by atoms with Gasteiger partial charge in [-0.15, -0.1) is 0 Å². The lowest BCUT2D eigenvalue weighted by atomic mass is 9.86. The molecule has 0 saturated heterocycles. The normalized spacial score (nSPS) is 22.7. The van der Waals surface area contributed by atoms with Crippen molar-refractivity contribution in [2.75, 3.05) is 17.6 Å². The third kappa shape index (κ3) is 3.62. The summed E-state index contributed by atoms with van der Waals surface area (Å²) in [4.78, 5) is 0. The molecular formula is C15H21N3O. The summed E-state index contributed by atoms with van der Waals surface area (Å²) in [5.41, 5.74) is 8.30. The van der Waals surface area contributed by atoms with E-state index in [1.54, 1.807) is 0 Å². The number of nitrogens with zero attached hydrogens (tertiary/aromatic N) is 1. The number of nitriles is 1. The van der Waals surface area contributed by atoms with Crippen molar-refractivity contribution in [2.45, 2.75) is 38.2 Å². The summed E-state index contributed by atoms with van der Waals surface area (Å²) < 4.78 is 0. The van der Waals surface area contributed by atoms with Crippen molar-refractivity contribution in [1.82, 2.24) is 0 Å². The Kier molecular flexibility index (Phi) is 4.64. The maximum Gasteiger partial charge on any atom is 0.0670 e. The van der Waals surface area contributed by atoms with E-state index >= 15 is 0 Å². The van der Waals surface area contributed by atoms with Gasteiger partial charge >= 0.3 is 0 Å². The molecule has 102 valence electrons. The van der Waals surface area contributed by atoms with Gasteiger partial charge in [0.05, 0.1) is 18.6 Å². The number of hydrogen-bond donors (Lipinski definition) is 3. The molecule has 4 N–H and O–H groups in total. The maximum absolute atomic E-state index is 9.93. The lowest BCUT2D eigenvalue weighted by Crippen LogP contribution is -2.30. The standard InChI is InChI=1S/C15H21N3O/c16-8-7-11-9-13(5-6-14(11)17)18-10-12-3-1-2-4-15(12)19/h5-6,9,12,15,18-19H,1-4,7,10,17H2. The highest BCUT2D eigenvalue weighted by molar-refractivity contribution is 5.58. The van der Waals surface area contributed by atoms with Crippen LogP contribution in [0.1, 0.15) is 31.2 Å². The second kappa shape index (κ2) is 6.44. The van der Waals surface area contributed by atoms with Gasteiger partial charge in [0, 0.05) is 23.8 Å². The van der Waals surface area contributed by atoms with Gasteiger partial charge in [0.2, 0.25) is 0 Å². The fourth-order valence-corrected chi connectivity index (χ4v) is 2.63. The molecule has 1 saturated carbocycles. The average molecular weight is 259 g/mol. The predicted molar refractivity (Wildman–Crippen MR) is 76.6 cm³/mol. The van der Waals surface area contributed by atoms with Crippen LogP contribution in [-0.2, 0) is 6.42 Å². The molecule has 1 aromatic carbocycles. The molecule has 1 aliphatic carbocycles. The second-order valence-corrected chi connectivity index (χ2v) is 5.24. The van der Waals surface area contributed by atoms with Gasteiger partial charge < -0.3 is 16.2 Å². The van der Waals surface area contributed by atoms with Gasteiger partial charge in [-0.05, 0) is 36.6 Å². The maximum atomic E-state index is 9.93. The SMILES string of the molecule is N#CCc1cc(NCC2CCCCC2O)ccc1N. The van der Waals surface area contributed by atoms with Crippen LogP contribution in [0.4, 0.5) is 11.4 Å². The van der Waals surface area contributed by atoms with Gasteiger partial charge in [-0.2, -0.15) is 5.26 Å². The first kappa shape index (κ1) is 13.7. The lowest BCUT2D eigenvalue weighted by Gasteiger charge is -2.28. The minimum Gasteiger partial charge on any atom is -0.398 e. The third-order valence-electron chi connectivity index (χ3n) is 3.85. The van der Waals surface area contributed by atoms with Gasteiger partial charge in [0.1, 0.15) is 0 Å². The van der Waals surface area contributed by atoms with Crippen LogP contribution in [0.25, 0.3) is 0 Å². The van der Waals surface area contributed by atoms with Crippen molar-refractivity contribution < 1.29 is 5.11 Å². The first-order valence-corrected chi connectivity index (χ1v) is 6.88. The van der Waals surface area contributed by atoms with Crippen LogP contribution < -0.4 is 11.1 Å². The zero-order valence-electron chi connectivity index (χ0n) is 11.1. The Morgan fingerprint density at radius 1 is 1.37 bits per heavy atom. The summed E-state index contributed by atoms with van der Waals surface area (Å²) in [7, 11) is 0. The van der Waals surface area contributed by atoms with E-state index in [0.29, 0.717) is 18.0 Å². The van der Waals surface area contributed by atoms with E-state index in [0.717, 1.165) is 37.1 Å². The summed E-state index contributed by atoms with van der Waals surface area (Å²) in [5.74, 6) is 0.325. The van der Waals surface area contributed by atoms with Gasteiger partial charge in [-0.25, -0.2) is 0 Å². The van der Waals surface area contributed by atoms with E-state index in [-0.39, 0.29) is 6.10 Å². The van der Waals surface area contributed by atoms with Crippen molar-refractivity contribution in [2.24, 2.45) is 5.92 Å². The van der Waals surface area contributed by atoms with Crippen LogP contribution >= 0.6 is 0 Å². The van der Waals surface area contributed by atoms with Gasteiger partial charge in [-0.1, -0.05) is 12.8 Å². The van der Waals surface area contributed by atoms with Crippen molar-refractivity contribution in [3.8, 4) is 6.07 Å². The van der Waals surface area contributed by atoms with Crippen LogP contribution in [0.3, 0.4) is 0 Å². The highest BCUT2D eigenvalue weighted by Gasteiger charge is 2.22. The number of rotatable bonds is 4. The Balaban J connectivity index is 1.95. The number of nitrogens with two attached hydrogens (primary N) is 1. The predicted octanol–water partition coefficient (Wildman–Crippen LogP) is 2.30. The molecule has 4 heteroatoms. The minimum absolute atomic E-state index is 0.186. The lowest BCUT2D eigenvalue weighted by molar-refractivity contribution is 0.0763. The molecular weight excluding hydrogens is 238 g/mol. The molecule has 0 bridgehead atoms. The summed E-state index contributed by atoms with van der Waals surface area (Å²) in [6, 6.07) is 7.79. The first-order valence-electron chi connectivity index (χ1n) is 6.88. The third-order valence-corrected chi connectivity index (χ3v) is 3.85. The molecule has 2 rings (SSSR count). The molecule has 4 nitrogen and oxygen atoms in total. The van der Waals surface area contributed by atoms with Crippen molar-refractivity contribution in [3.05, 3.63) is 23.8 Å². The van der Waals surface area contributed by atoms with E-state index in [1.165, 1.54) is 6.42 Å². The Hall–Kier alpha value is -1.73. The van der Waals surface area contributed by atoms with E-state index in [9.17, 15) is 5.11 Å². The molecule has 1 aromatic rings. The summed E-state index contributed by atoms with van der Waals surface area (Å²) in [6.07, 6.45) is 4.46. The molecule has 0 radical (unpaired) electrons. The van der Waals surface area contributed by atoms with Crippen LogP contribution in [0, 0.1) is 17.2 Å². The number of nitrogen functional groups attached to an aromatic ring is 1. The van der Waals surface area contributed by atoms with Crippen LogP contribution in [0.5, 0.6) is 0 Å². The molecule has 0 heterocycles. The number of benzene rings is 1. The summed E-state index contributed by atoms with van der Waals surface area (Å²) in [5, 5.41) is 22.0. The fourth-order valence-electron chi connectivity index (χ4n) is 2.63. The van der Waals surface area contributed by atoms with E-state index in [1.807, 2.05) is 18.2 Å². The van der Waals surface area contributed by atoms with Gasteiger partial charge in [0.15, 0.2) is 0 Å². The van der Waals surface area contributed by atoms with Gasteiger partial charge in [-0.3, -0.25) is 0 Å². The smallest absolute Gasteiger partial charge is 0.0670 e. The Bertz CT molecular complexity index is 467. The van der Waals surface area contributed by atoms with Crippen LogP contribution in [0.15, 0.2) is 18.2 Å². The van der Waals surface area contributed by atoms with E-state index in [2.05, 4.69) is 11.4 Å². The van der Waals surface area contributed by atoms with Crippen LogP contribution in [0.2, 0.25) is 0 Å². The monoisotopic (exact) mass is 259 g/mol. The fraction of sp³-hybridized carbons (Fsp3) is 0.533. The zero-order valence-corrected chi connectivity index (χ0v) is 11.1. The minimum atomic E-state index is -0.186. The molecule has 0 amide bonds. The molecule has 2 unspecified atom stereocenters. The molecule has 0 spiro atoms. The highest BCUT2D eigenvalue weighted by atomic mass is 16.3. The topological polar surface area (TPSA) is 82.1 Å². The summed E-state index contributed by atoms with van der Waals surface area (Å²) >= 11 is 0. The van der Waals surface area contributed by atoms with Crippen LogP contribution in [-0.4, -0.2) is 17.8 Å². The Labute approximate surface area is 114 Å². The van der Waals surface area contributed by atoms with Crippen molar-refractivity contribution >= 4 is 11.4 Å². The molecule has 2 atom stereocenters. The number of aliphatic hydroxyl groups excluding tert-OH is 1. The van der Waals surface area contributed by atoms with Gasteiger partial charge in [0.25, 0.3) is 0 Å². The van der Waals surface area contributed by atoms with Crippen molar-refractivity contribution in [3.63, 3.8) is 0 Å². The first-order chi connectivity index (χ1) is 9.20. The Morgan fingerprint density at radius 3 is 2.89 bits per heavy atom. The average Bonchev–Trinajstić information content (AvgIpc) is 2.41. The molecule has 1 fully saturated rings. The number of nitrogens with one attached hydrogen (secondary N) is 1. The molecule has 19 heavy (non-hydrogen) atoms. The van der Waals surface area contributed by atoms with Crippen molar-refractivity contribution in [1.29, 1.82) is 5.26 Å². The molecule has 1 aliphatic rings. The number of aliphatic hydroxyl groups is 1. The number of hydrogen-bond acceptors (Lipinski definition) is 4. The largest absolute Gasteiger partial charge is 0.398 e. The van der Waals surface area contributed by atoms with E-state index in [4.69, 9.17) is 11.0 Å². The second-order valence-electron chi connectivity index (χ2n) is 5.24. The quantitative estimate of drug-likeness (QED) is 0.725. The number of anilines is 2. The molecule has 0 aliphatic heterocycles. The molecule has 0 aromatic heterocycles.